The van der Waals surface area contributed by atoms with Gasteiger partial charge in [-0.25, -0.2) is 0 Å². The summed E-state index contributed by atoms with van der Waals surface area (Å²) in [4.78, 5) is 1.31. The van der Waals surface area contributed by atoms with Crippen LogP contribution >= 0.6 is 23.4 Å². The molecule has 0 amide bonds. The zero-order valence-electron chi connectivity index (χ0n) is 12.6. The van der Waals surface area contributed by atoms with Crippen LogP contribution in [0.5, 0.6) is 0 Å². The van der Waals surface area contributed by atoms with E-state index in [2.05, 4.69) is 37.4 Å². The Kier molecular flexibility index (Phi) is 6.73. The largest absolute Gasteiger partial charge is 0.313 e. The third-order valence-corrected chi connectivity index (χ3v) is 5.80. The second-order valence-corrected chi connectivity index (χ2v) is 7.51. The van der Waals surface area contributed by atoms with Gasteiger partial charge in [0.05, 0.1) is 0 Å². The molecule has 112 valence electrons. The summed E-state index contributed by atoms with van der Waals surface area (Å²) in [6.45, 7) is 5.70. The maximum Gasteiger partial charge on any atom is 0.0417 e. The Morgan fingerprint density at radius 3 is 2.85 bits per heavy atom. The number of rotatable bonds is 6. The van der Waals surface area contributed by atoms with E-state index in [4.69, 9.17) is 11.6 Å². The minimum Gasteiger partial charge on any atom is -0.313 e. The molecule has 1 nitrogen and oxygen atoms in total. The van der Waals surface area contributed by atoms with Crippen molar-refractivity contribution in [2.24, 2.45) is 5.92 Å². The van der Waals surface area contributed by atoms with Gasteiger partial charge in [-0.15, -0.1) is 11.8 Å². The molecule has 0 aromatic heterocycles. The molecule has 3 atom stereocenters. The number of halogens is 1. The lowest BCUT2D eigenvalue weighted by Crippen LogP contribution is -2.42. The van der Waals surface area contributed by atoms with Crippen LogP contribution in [0.3, 0.4) is 0 Å². The molecule has 1 aliphatic rings. The summed E-state index contributed by atoms with van der Waals surface area (Å²) in [5.74, 6) is 0.895. The first-order chi connectivity index (χ1) is 9.72. The molecule has 2 rings (SSSR count). The molecule has 1 fully saturated rings. The number of benzene rings is 1. The van der Waals surface area contributed by atoms with Crippen molar-refractivity contribution in [2.75, 3.05) is 6.54 Å². The molecule has 0 saturated heterocycles. The Bertz CT molecular complexity index is 410. The normalized spacial score (nSPS) is 26.6. The molecule has 0 heterocycles. The summed E-state index contributed by atoms with van der Waals surface area (Å²) in [5.41, 5.74) is 0. The molecule has 1 aromatic carbocycles. The first kappa shape index (κ1) is 16.2. The van der Waals surface area contributed by atoms with E-state index < -0.39 is 0 Å². The zero-order chi connectivity index (χ0) is 14.4. The van der Waals surface area contributed by atoms with Crippen molar-refractivity contribution in [3.8, 4) is 0 Å². The van der Waals surface area contributed by atoms with E-state index in [-0.39, 0.29) is 0 Å². The van der Waals surface area contributed by atoms with Gasteiger partial charge in [0.2, 0.25) is 0 Å². The quantitative estimate of drug-likeness (QED) is 0.757. The minimum atomic E-state index is 0.654. The van der Waals surface area contributed by atoms with Gasteiger partial charge in [-0.05, 0) is 56.3 Å². The van der Waals surface area contributed by atoms with Gasteiger partial charge in [-0.2, -0.15) is 0 Å². The van der Waals surface area contributed by atoms with Gasteiger partial charge in [0.15, 0.2) is 0 Å². The second kappa shape index (κ2) is 8.31. The second-order valence-electron chi connectivity index (χ2n) is 5.76. The predicted molar refractivity (Wildman–Crippen MR) is 90.8 cm³/mol. The van der Waals surface area contributed by atoms with E-state index in [0.717, 1.165) is 17.5 Å². The minimum absolute atomic E-state index is 0.654. The number of hydrogen-bond acceptors (Lipinski definition) is 2. The van der Waals surface area contributed by atoms with Crippen LogP contribution in [0.15, 0.2) is 29.2 Å². The van der Waals surface area contributed by atoms with Crippen LogP contribution < -0.4 is 5.32 Å². The lowest BCUT2D eigenvalue weighted by atomic mass is 9.84. The summed E-state index contributed by atoms with van der Waals surface area (Å²) in [5, 5.41) is 5.27. The van der Waals surface area contributed by atoms with Crippen molar-refractivity contribution in [1.82, 2.24) is 5.32 Å². The number of nitrogens with one attached hydrogen (secondary N) is 1. The third kappa shape index (κ3) is 4.68. The highest BCUT2D eigenvalue weighted by Gasteiger charge is 2.30. The molecule has 0 radical (unpaired) electrons. The molecule has 0 bridgehead atoms. The molecule has 3 heteroatoms. The van der Waals surface area contributed by atoms with Crippen LogP contribution in [0, 0.1) is 5.92 Å². The Morgan fingerprint density at radius 1 is 1.30 bits per heavy atom. The maximum atomic E-state index is 6.11. The van der Waals surface area contributed by atoms with E-state index in [1.165, 1.54) is 37.0 Å². The van der Waals surface area contributed by atoms with E-state index in [9.17, 15) is 0 Å². The number of thioether (sulfide) groups is 1. The monoisotopic (exact) mass is 311 g/mol. The average molecular weight is 312 g/mol. The van der Waals surface area contributed by atoms with Crippen LogP contribution in [0.25, 0.3) is 0 Å². The predicted octanol–water partition coefficient (Wildman–Crippen LogP) is 5.38. The van der Waals surface area contributed by atoms with E-state index in [1.54, 1.807) is 0 Å². The van der Waals surface area contributed by atoms with Gasteiger partial charge in [0.1, 0.15) is 0 Å². The third-order valence-electron chi connectivity index (χ3n) is 4.22. The molecule has 1 saturated carbocycles. The van der Waals surface area contributed by atoms with E-state index in [1.807, 2.05) is 17.8 Å². The maximum absolute atomic E-state index is 6.11. The van der Waals surface area contributed by atoms with E-state index in [0.29, 0.717) is 11.3 Å². The zero-order valence-corrected chi connectivity index (χ0v) is 14.1. The molecule has 1 aliphatic carbocycles. The van der Waals surface area contributed by atoms with Gasteiger partial charge >= 0.3 is 0 Å². The Labute approximate surface area is 132 Å². The molecule has 3 unspecified atom stereocenters. The molecule has 0 spiro atoms. The van der Waals surface area contributed by atoms with Gasteiger partial charge < -0.3 is 5.32 Å². The fourth-order valence-electron chi connectivity index (χ4n) is 2.99. The van der Waals surface area contributed by atoms with Gasteiger partial charge in [0.25, 0.3) is 0 Å². The van der Waals surface area contributed by atoms with Gasteiger partial charge in [0, 0.05) is 21.2 Å². The molecule has 0 aliphatic heterocycles. The highest BCUT2D eigenvalue weighted by molar-refractivity contribution is 8.00. The van der Waals surface area contributed by atoms with Crippen molar-refractivity contribution in [2.45, 2.75) is 62.1 Å². The molecule has 20 heavy (non-hydrogen) atoms. The highest BCUT2D eigenvalue weighted by atomic mass is 35.5. The SMILES string of the molecule is CCCNC1CCC(CC)CC1Sc1cccc(Cl)c1. The summed E-state index contributed by atoms with van der Waals surface area (Å²) in [6.07, 6.45) is 6.55. The van der Waals surface area contributed by atoms with Crippen molar-refractivity contribution in [3.63, 3.8) is 0 Å². The van der Waals surface area contributed by atoms with Crippen molar-refractivity contribution < 1.29 is 0 Å². The molecular formula is C17H26ClNS. The van der Waals surface area contributed by atoms with Gasteiger partial charge in [-0.1, -0.05) is 37.9 Å². The molecular weight excluding hydrogens is 286 g/mol. The van der Waals surface area contributed by atoms with Crippen LogP contribution in [-0.4, -0.2) is 17.8 Å². The Balaban J connectivity index is 2.02. The fourth-order valence-corrected chi connectivity index (χ4v) is 4.71. The van der Waals surface area contributed by atoms with Crippen LogP contribution in [0.4, 0.5) is 0 Å². The Hall–Kier alpha value is -0.180. The smallest absolute Gasteiger partial charge is 0.0417 e. The van der Waals surface area contributed by atoms with Crippen LogP contribution in [-0.2, 0) is 0 Å². The Morgan fingerprint density at radius 2 is 2.15 bits per heavy atom. The van der Waals surface area contributed by atoms with Crippen LogP contribution in [0.1, 0.15) is 46.0 Å². The van der Waals surface area contributed by atoms with E-state index >= 15 is 0 Å². The first-order valence-corrected chi connectivity index (χ1v) is 9.14. The van der Waals surface area contributed by atoms with Crippen molar-refractivity contribution >= 4 is 23.4 Å². The molecule has 1 aromatic rings. The summed E-state index contributed by atoms with van der Waals surface area (Å²) in [7, 11) is 0. The summed E-state index contributed by atoms with van der Waals surface area (Å²) >= 11 is 8.12. The van der Waals surface area contributed by atoms with Crippen LogP contribution in [0.2, 0.25) is 5.02 Å². The van der Waals surface area contributed by atoms with Gasteiger partial charge in [-0.3, -0.25) is 0 Å². The topological polar surface area (TPSA) is 12.0 Å². The number of hydrogen-bond donors (Lipinski definition) is 1. The standard InChI is InChI=1S/C17H26ClNS/c1-3-10-19-16-9-8-13(4-2)11-17(16)20-15-7-5-6-14(18)12-15/h5-7,12-13,16-17,19H,3-4,8-11H2,1-2H3. The average Bonchev–Trinajstić information content (AvgIpc) is 2.46. The fraction of sp³-hybridized carbons (Fsp3) is 0.647. The summed E-state index contributed by atoms with van der Waals surface area (Å²) in [6, 6.07) is 8.94. The van der Waals surface area contributed by atoms with Crippen molar-refractivity contribution in [3.05, 3.63) is 29.3 Å². The first-order valence-electron chi connectivity index (χ1n) is 7.88. The molecule has 1 N–H and O–H groups in total. The van der Waals surface area contributed by atoms with Crippen molar-refractivity contribution in [1.29, 1.82) is 0 Å². The lowest BCUT2D eigenvalue weighted by molar-refractivity contribution is 0.295. The lowest BCUT2D eigenvalue weighted by Gasteiger charge is -2.36. The highest BCUT2D eigenvalue weighted by Crippen LogP contribution is 2.38. The summed E-state index contributed by atoms with van der Waals surface area (Å²) < 4.78 is 0.